The Hall–Kier alpha value is -1.63. The monoisotopic (exact) mass is 255 g/mol. The Kier molecular flexibility index (Phi) is 5.08. The van der Waals surface area contributed by atoms with E-state index < -0.39 is 0 Å². The Labute approximate surface area is 107 Å². The van der Waals surface area contributed by atoms with Crippen molar-refractivity contribution in [2.24, 2.45) is 5.73 Å². The molecule has 7 nitrogen and oxygen atoms in total. The minimum atomic E-state index is -0.386. The molecular formula is C11H21N5O2. The molecule has 0 aliphatic heterocycles. The van der Waals surface area contributed by atoms with Gasteiger partial charge < -0.3 is 11.1 Å². The standard InChI is InChI=1S/C11H21N5O2/c1-4-7-15-11(13-6-5-8(2)12)10(16(17)18)9(3)14-15/h8,13H,4-7,12H2,1-3H3. The third kappa shape index (κ3) is 3.43. The normalized spacial score (nSPS) is 12.4. The van der Waals surface area contributed by atoms with Gasteiger partial charge in [-0.3, -0.25) is 10.1 Å². The van der Waals surface area contributed by atoms with Crippen molar-refractivity contribution in [1.29, 1.82) is 0 Å². The fraction of sp³-hybridized carbons (Fsp3) is 0.727. The number of hydrogen-bond acceptors (Lipinski definition) is 5. The second kappa shape index (κ2) is 6.34. The molecule has 0 saturated carbocycles. The maximum atomic E-state index is 11.0. The quantitative estimate of drug-likeness (QED) is 0.570. The summed E-state index contributed by atoms with van der Waals surface area (Å²) in [6.45, 7) is 6.84. The number of aromatic nitrogens is 2. The first-order valence-corrected chi connectivity index (χ1v) is 6.18. The number of aryl methyl sites for hydroxylation is 2. The smallest absolute Gasteiger partial charge is 0.333 e. The van der Waals surface area contributed by atoms with Gasteiger partial charge in [0, 0.05) is 19.1 Å². The summed E-state index contributed by atoms with van der Waals surface area (Å²) in [5.74, 6) is 0.486. The summed E-state index contributed by atoms with van der Waals surface area (Å²) >= 11 is 0. The largest absolute Gasteiger partial charge is 0.364 e. The Morgan fingerprint density at radius 2 is 2.28 bits per heavy atom. The van der Waals surface area contributed by atoms with Crippen LogP contribution in [0.15, 0.2) is 0 Å². The zero-order valence-electron chi connectivity index (χ0n) is 11.1. The van der Waals surface area contributed by atoms with Crippen molar-refractivity contribution in [3.8, 4) is 0 Å². The maximum absolute atomic E-state index is 11.0. The van der Waals surface area contributed by atoms with Crippen LogP contribution in [0.1, 0.15) is 32.4 Å². The lowest BCUT2D eigenvalue weighted by molar-refractivity contribution is -0.384. The minimum Gasteiger partial charge on any atom is -0.364 e. The fourth-order valence-electron chi connectivity index (χ4n) is 1.76. The van der Waals surface area contributed by atoms with Gasteiger partial charge in [0.15, 0.2) is 0 Å². The molecule has 0 bridgehead atoms. The van der Waals surface area contributed by atoms with E-state index in [1.807, 2.05) is 13.8 Å². The van der Waals surface area contributed by atoms with Crippen molar-refractivity contribution in [1.82, 2.24) is 9.78 Å². The molecule has 1 aromatic rings. The lowest BCUT2D eigenvalue weighted by atomic mass is 10.2. The molecule has 102 valence electrons. The summed E-state index contributed by atoms with van der Waals surface area (Å²) in [4.78, 5) is 10.7. The van der Waals surface area contributed by atoms with Crippen LogP contribution in [0.25, 0.3) is 0 Å². The van der Waals surface area contributed by atoms with E-state index in [-0.39, 0.29) is 16.7 Å². The Balaban J connectivity index is 2.93. The number of nitro groups is 1. The molecule has 1 aromatic heterocycles. The van der Waals surface area contributed by atoms with Gasteiger partial charge in [-0.15, -0.1) is 0 Å². The van der Waals surface area contributed by atoms with Crippen molar-refractivity contribution < 1.29 is 4.92 Å². The summed E-state index contributed by atoms with van der Waals surface area (Å²) in [7, 11) is 0. The molecule has 0 aliphatic rings. The first-order chi connectivity index (χ1) is 8.47. The number of rotatable bonds is 7. The highest BCUT2D eigenvalue weighted by Crippen LogP contribution is 2.28. The maximum Gasteiger partial charge on any atom is 0.333 e. The highest BCUT2D eigenvalue weighted by molar-refractivity contribution is 5.59. The van der Waals surface area contributed by atoms with Gasteiger partial charge in [0.05, 0.1) is 4.92 Å². The topological polar surface area (TPSA) is 99.0 Å². The first kappa shape index (κ1) is 14.4. The number of anilines is 1. The summed E-state index contributed by atoms with van der Waals surface area (Å²) in [5.41, 5.74) is 6.16. The Bertz CT molecular complexity index is 414. The number of nitrogens with two attached hydrogens (primary N) is 1. The van der Waals surface area contributed by atoms with E-state index in [9.17, 15) is 10.1 Å². The van der Waals surface area contributed by atoms with E-state index in [1.165, 1.54) is 0 Å². The van der Waals surface area contributed by atoms with Crippen LogP contribution in [0.4, 0.5) is 11.5 Å². The molecule has 0 aromatic carbocycles. The fourth-order valence-corrected chi connectivity index (χ4v) is 1.76. The Morgan fingerprint density at radius 1 is 1.61 bits per heavy atom. The van der Waals surface area contributed by atoms with Crippen LogP contribution < -0.4 is 11.1 Å². The number of nitrogens with zero attached hydrogens (tertiary/aromatic N) is 3. The van der Waals surface area contributed by atoms with E-state index >= 15 is 0 Å². The van der Waals surface area contributed by atoms with Gasteiger partial charge in [-0.2, -0.15) is 5.10 Å². The van der Waals surface area contributed by atoms with Crippen LogP contribution in [-0.2, 0) is 6.54 Å². The summed E-state index contributed by atoms with van der Waals surface area (Å²) < 4.78 is 1.66. The summed E-state index contributed by atoms with van der Waals surface area (Å²) in [6.07, 6.45) is 1.63. The first-order valence-electron chi connectivity index (χ1n) is 6.18. The molecule has 1 unspecified atom stereocenters. The van der Waals surface area contributed by atoms with Gasteiger partial charge in [0.25, 0.3) is 0 Å². The average Bonchev–Trinajstić information content (AvgIpc) is 2.55. The predicted molar refractivity (Wildman–Crippen MR) is 70.7 cm³/mol. The van der Waals surface area contributed by atoms with E-state index in [4.69, 9.17) is 5.73 Å². The lowest BCUT2D eigenvalue weighted by Crippen LogP contribution is -2.20. The van der Waals surface area contributed by atoms with Crippen LogP contribution >= 0.6 is 0 Å². The van der Waals surface area contributed by atoms with Crippen molar-refractivity contribution in [3.63, 3.8) is 0 Å². The zero-order valence-corrected chi connectivity index (χ0v) is 11.1. The van der Waals surface area contributed by atoms with Crippen molar-refractivity contribution in [2.75, 3.05) is 11.9 Å². The molecule has 0 spiro atoms. The molecule has 1 heterocycles. The SMILES string of the molecule is CCCn1nc(C)c([N+](=O)[O-])c1NCCC(C)N. The van der Waals surface area contributed by atoms with Crippen molar-refractivity contribution >= 4 is 11.5 Å². The van der Waals surface area contributed by atoms with E-state index in [1.54, 1.807) is 11.6 Å². The Morgan fingerprint density at radius 3 is 2.78 bits per heavy atom. The van der Waals surface area contributed by atoms with Crippen molar-refractivity contribution in [3.05, 3.63) is 15.8 Å². The van der Waals surface area contributed by atoms with E-state index in [0.717, 1.165) is 12.8 Å². The zero-order chi connectivity index (χ0) is 13.7. The molecule has 3 N–H and O–H groups in total. The van der Waals surface area contributed by atoms with Gasteiger partial charge in [-0.25, -0.2) is 4.68 Å². The molecule has 18 heavy (non-hydrogen) atoms. The molecule has 0 aliphatic carbocycles. The van der Waals surface area contributed by atoms with Crippen LogP contribution in [0.2, 0.25) is 0 Å². The molecule has 7 heteroatoms. The lowest BCUT2D eigenvalue weighted by Gasteiger charge is -2.09. The average molecular weight is 255 g/mol. The third-order valence-corrected chi connectivity index (χ3v) is 2.61. The minimum absolute atomic E-state index is 0.0631. The summed E-state index contributed by atoms with van der Waals surface area (Å²) in [5, 5.41) is 18.3. The second-order valence-electron chi connectivity index (χ2n) is 4.46. The second-order valence-corrected chi connectivity index (χ2v) is 4.46. The van der Waals surface area contributed by atoms with Gasteiger partial charge in [-0.1, -0.05) is 6.92 Å². The van der Waals surface area contributed by atoms with Crippen LogP contribution in [-0.4, -0.2) is 27.3 Å². The molecule has 0 fully saturated rings. The molecule has 1 rings (SSSR count). The van der Waals surface area contributed by atoms with Gasteiger partial charge >= 0.3 is 5.69 Å². The van der Waals surface area contributed by atoms with Gasteiger partial charge in [0.2, 0.25) is 5.82 Å². The molecular weight excluding hydrogens is 234 g/mol. The van der Waals surface area contributed by atoms with E-state index in [0.29, 0.717) is 24.6 Å². The van der Waals surface area contributed by atoms with Gasteiger partial charge in [-0.05, 0) is 26.7 Å². The van der Waals surface area contributed by atoms with Crippen molar-refractivity contribution in [2.45, 2.75) is 46.2 Å². The molecule has 0 radical (unpaired) electrons. The van der Waals surface area contributed by atoms with E-state index in [2.05, 4.69) is 10.4 Å². The number of nitrogens with one attached hydrogen (secondary N) is 1. The molecule has 0 amide bonds. The molecule has 1 atom stereocenters. The van der Waals surface area contributed by atoms with Crippen LogP contribution in [0, 0.1) is 17.0 Å². The summed E-state index contributed by atoms with van der Waals surface area (Å²) in [6, 6.07) is 0.0696. The highest BCUT2D eigenvalue weighted by atomic mass is 16.6. The van der Waals surface area contributed by atoms with Gasteiger partial charge in [0.1, 0.15) is 5.69 Å². The highest BCUT2D eigenvalue weighted by Gasteiger charge is 2.24. The predicted octanol–water partition coefficient (Wildman–Crippen LogP) is 1.66. The third-order valence-electron chi connectivity index (χ3n) is 2.61. The van der Waals surface area contributed by atoms with Crippen LogP contribution in [0.5, 0.6) is 0 Å². The molecule has 0 saturated heterocycles. The number of hydrogen-bond donors (Lipinski definition) is 2. The van der Waals surface area contributed by atoms with Crippen LogP contribution in [0.3, 0.4) is 0 Å².